The van der Waals surface area contributed by atoms with E-state index < -0.39 is 0 Å². The average Bonchev–Trinajstić information content (AvgIpc) is 3.19. The van der Waals surface area contributed by atoms with E-state index in [4.69, 9.17) is 4.74 Å². The largest absolute Gasteiger partial charge is 0.493 e. The number of hydrogen-bond donors (Lipinski definition) is 2. The van der Waals surface area contributed by atoms with Crippen molar-refractivity contribution in [1.29, 1.82) is 0 Å². The maximum Gasteiger partial charge on any atom is 0.191 e. The number of hydrogen-bond acceptors (Lipinski definition) is 3. The highest BCUT2D eigenvalue weighted by atomic mass is 32.2. The maximum atomic E-state index is 5.56. The molecule has 0 amide bonds. The lowest BCUT2D eigenvalue weighted by Gasteiger charge is -2.24. The molecule has 1 fully saturated rings. The minimum atomic E-state index is 0.359. The summed E-state index contributed by atoms with van der Waals surface area (Å²) in [6.07, 6.45) is 4.66. The molecule has 3 rings (SSSR count). The van der Waals surface area contributed by atoms with Gasteiger partial charge in [0.05, 0.1) is 6.61 Å². The predicted octanol–water partition coefficient (Wildman–Crippen LogP) is 2.61. The summed E-state index contributed by atoms with van der Waals surface area (Å²) < 4.78 is 5.92. The van der Waals surface area contributed by atoms with Crippen LogP contribution in [0, 0.1) is 0 Å². The molecule has 1 aromatic carbocycles. The molecule has 1 atom stereocenters. The Labute approximate surface area is 143 Å². The van der Waals surface area contributed by atoms with Crippen LogP contribution in [-0.2, 0) is 12.8 Å². The molecule has 2 N–H and O–H groups in total. The van der Waals surface area contributed by atoms with E-state index in [1.807, 2.05) is 7.05 Å². The monoisotopic (exact) mass is 333 g/mol. The van der Waals surface area contributed by atoms with Crippen LogP contribution in [0.25, 0.3) is 0 Å². The summed E-state index contributed by atoms with van der Waals surface area (Å²) in [6.45, 7) is 5.04. The first kappa shape index (κ1) is 16.5. The highest BCUT2D eigenvalue weighted by Gasteiger charge is 2.29. The normalized spacial score (nSPS) is 23.5. The number of rotatable bonds is 5. The molecule has 0 spiro atoms. The molecule has 1 unspecified atom stereocenters. The summed E-state index contributed by atoms with van der Waals surface area (Å²) in [6, 6.07) is 6.54. The van der Waals surface area contributed by atoms with Crippen LogP contribution in [0.3, 0.4) is 0 Å². The molecule has 0 aromatic heterocycles. The number of thioether (sulfide) groups is 1. The van der Waals surface area contributed by atoms with Crippen molar-refractivity contribution >= 4 is 17.7 Å². The molecule has 1 aromatic rings. The van der Waals surface area contributed by atoms with E-state index >= 15 is 0 Å². The third-order valence-electron chi connectivity index (χ3n) is 4.61. The third-order valence-corrected chi connectivity index (χ3v) is 6.15. The molecular weight excluding hydrogens is 306 g/mol. The number of fused-ring (bicyclic) bond motifs is 1. The van der Waals surface area contributed by atoms with E-state index in [1.165, 1.54) is 29.7 Å². The lowest BCUT2D eigenvalue weighted by molar-refractivity contribution is 0.357. The Hall–Kier alpha value is -1.36. The van der Waals surface area contributed by atoms with Gasteiger partial charge in [0.2, 0.25) is 0 Å². The molecular formula is C18H27N3OS. The second-order valence-electron chi connectivity index (χ2n) is 6.55. The molecule has 0 radical (unpaired) electrons. The number of nitrogens with zero attached hydrogens (tertiary/aromatic N) is 1. The molecule has 0 bridgehead atoms. The predicted molar refractivity (Wildman–Crippen MR) is 98.8 cm³/mol. The van der Waals surface area contributed by atoms with E-state index in [0.717, 1.165) is 44.2 Å². The van der Waals surface area contributed by atoms with E-state index in [0.29, 0.717) is 4.75 Å². The zero-order valence-corrected chi connectivity index (χ0v) is 15.0. The van der Waals surface area contributed by atoms with Gasteiger partial charge in [-0.1, -0.05) is 12.1 Å². The van der Waals surface area contributed by atoms with Crippen molar-refractivity contribution in [3.8, 4) is 5.75 Å². The molecule has 0 aliphatic carbocycles. The number of ether oxygens (including phenoxy) is 1. The van der Waals surface area contributed by atoms with Gasteiger partial charge in [-0.15, -0.1) is 0 Å². The SMILES string of the molecule is CN=C(NCCc1ccc2c(c1)CCO2)NCC1(C)CCCS1. The third kappa shape index (κ3) is 4.34. The number of benzene rings is 1. The van der Waals surface area contributed by atoms with Gasteiger partial charge in [0.1, 0.15) is 5.75 Å². The first-order valence-corrected chi connectivity index (χ1v) is 9.50. The van der Waals surface area contributed by atoms with Gasteiger partial charge in [-0.3, -0.25) is 4.99 Å². The lowest BCUT2D eigenvalue weighted by Crippen LogP contribution is -2.44. The highest BCUT2D eigenvalue weighted by molar-refractivity contribution is 8.00. The highest BCUT2D eigenvalue weighted by Crippen LogP contribution is 2.36. The Morgan fingerprint density at radius 1 is 1.39 bits per heavy atom. The van der Waals surface area contributed by atoms with Crippen molar-refractivity contribution in [2.24, 2.45) is 4.99 Å². The zero-order valence-electron chi connectivity index (χ0n) is 14.2. The Bertz CT molecular complexity index is 567. The second kappa shape index (κ2) is 7.47. The van der Waals surface area contributed by atoms with Crippen LogP contribution in [-0.4, -0.2) is 43.2 Å². The summed E-state index contributed by atoms with van der Waals surface area (Å²) in [4.78, 5) is 4.33. The Balaban J connectivity index is 1.43. The first-order valence-electron chi connectivity index (χ1n) is 8.52. The van der Waals surface area contributed by atoms with Crippen molar-refractivity contribution in [2.75, 3.05) is 32.5 Å². The van der Waals surface area contributed by atoms with Crippen LogP contribution >= 0.6 is 11.8 Å². The topological polar surface area (TPSA) is 45.7 Å². The van der Waals surface area contributed by atoms with Crippen LogP contribution in [0.1, 0.15) is 30.9 Å². The van der Waals surface area contributed by atoms with Crippen molar-refractivity contribution in [2.45, 2.75) is 37.4 Å². The second-order valence-corrected chi connectivity index (χ2v) is 8.23. The number of aliphatic imine (C=N–C) groups is 1. The maximum absolute atomic E-state index is 5.56. The summed E-state index contributed by atoms with van der Waals surface area (Å²) in [5.74, 6) is 3.25. The van der Waals surface area contributed by atoms with Gasteiger partial charge in [-0.25, -0.2) is 0 Å². The Morgan fingerprint density at radius 2 is 2.30 bits per heavy atom. The van der Waals surface area contributed by atoms with E-state index in [9.17, 15) is 0 Å². The molecule has 23 heavy (non-hydrogen) atoms. The lowest BCUT2D eigenvalue weighted by atomic mass is 10.1. The van der Waals surface area contributed by atoms with Crippen LogP contribution in [0.4, 0.5) is 0 Å². The Morgan fingerprint density at radius 3 is 3.09 bits per heavy atom. The molecule has 4 nitrogen and oxygen atoms in total. The molecule has 1 saturated heterocycles. The standard InChI is InChI=1S/C18H27N3OS/c1-18(8-3-11-23-18)13-21-17(19-2)20-9-6-14-4-5-16-15(12-14)7-10-22-16/h4-5,12H,3,6-11,13H2,1-2H3,(H2,19,20,21). The van der Waals surface area contributed by atoms with Crippen LogP contribution in [0.15, 0.2) is 23.2 Å². The fraction of sp³-hybridized carbons (Fsp3) is 0.611. The summed E-state index contributed by atoms with van der Waals surface area (Å²) >= 11 is 2.07. The van der Waals surface area contributed by atoms with E-state index in [-0.39, 0.29) is 0 Å². The molecule has 2 aliphatic heterocycles. The van der Waals surface area contributed by atoms with Gasteiger partial charge in [-0.2, -0.15) is 11.8 Å². The Kier molecular flexibility index (Phi) is 5.36. The summed E-state index contributed by atoms with van der Waals surface area (Å²) in [5, 5.41) is 6.90. The molecule has 126 valence electrons. The minimum Gasteiger partial charge on any atom is -0.493 e. The molecule has 2 aliphatic rings. The van der Waals surface area contributed by atoms with Gasteiger partial charge in [0, 0.05) is 31.3 Å². The van der Waals surface area contributed by atoms with Gasteiger partial charge >= 0.3 is 0 Å². The number of guanidine groups is 1. The smallest absolute Gasteiger partial charge is 0.191 e. The van der Waals surface area contributed by atoms with Crippen molar-refractivity contribution in [3.63, 3.8) is 0 Å². The number of nitrogens with one attached hydrogen (secondary N) is 2. The van der Waals surface area contributed by atoms with Gasteiger partial charge < -0.3 is 15.4 Å². The fourth-order valence-corrected chi connectivity index (χ4v) is 4.43. The quantitative estimate of drug-likeness (QED) is 0.642. The van der Waals surface area contributed by atoms with Crippen molar-refractivity contribution < 1.29 is 4.74 Å². The van der Waals surface area contributed by atoms with E-state index in [1.54, 1.807) is 0 Å². The molecule has 2 heterocycles. The van der Waals surface area contributed by atoms with Gasteiger partial charge in [0.15, 0.2) is 5.96 Å². The average molecular weight is 334 g/mol. The fourth-order valence-electron chi connectivity index (χ4n) is 3.19. The molecule has 0 saturated carbocycles. The van der Waals surface area contributed by atoms with E-state index in [2.05, 4.69) is 52.5 Å². The summed E-state index contributed by atoms with van der Waals surface area (Å²) in [5.41, 5.74) is 2.70. The first-order chi connectivity index (χ1) is 11.2. The zero-order chi connectivity index (χ0) is 16.1. The van der Waals surface area contributed by atoms with Crippen LogP contribution in [0.2, 0.25) is 0 Å². The van der Waals surface area contributed by atoms with Crippen LogP contribution in [0.5, 0.6) is 5.75 Å². The summed E-state index contributed by atoms with van der Waals surface area (Å²) in [7, 11) is 1.84. The molecule has 5 heteroatoms. The van der Waals surface area contributed by atoms with Gasteiger partial charge in [0.25, 0.3) is 0 Å². The van der Waals surface area contributed by atoms with Crippen LogP contribution < -0.4 is 15.4 Å². The van der Waals surface area contributed by atoms with Crippen molar-refractivity contribution in [1.82, 2.24) is 10.6 Å². The van der Waals surface area contributed by atoms with Crippen molar-refractivity contribution in [3.05, 3.63) is 29.3 Å². The van der Waals surface area contributed by atoms with Gasteiger partial charge in [-0.05, 0) is 49.1 Å². The minimum absolute atomic E-state index is 0.359.